The smallest absolute Gasteiger partial charge is 0.0483 e. The van der Waals surface area contributed by atoms with Crippen LogP contribution in [0.15, 0.2) is 48.8 Å². The van der Waals surface area contributed by atoms with Crippen molar-refractivity contribution in [3.63, 3.8) is 0 Å². The van der Waals surface area contributed by atoms with Gasteiger partial charge in [0.2, 0.25) is 0 Å². The van der Waals surface area contributed by atoms with E-state index >= 15 is 0 Å². The SMILES string of the molecule is NC=CCn1ccc2ccccc21. The first-order chi connectivity index (χ1) is 6.42. The van der Waals surface area contributed by atoms with Crippen molar-refractivity contribution in [1.82, 2.24) is 4.57 Å². The van der Waals surface area contributed by atoms with Crippen LogP contribution in [0.3, 0.4) is 0 Å². The summed E-state index contributed by atoms with van der Waals surface area (Å²) in [7, 11) is 0. The van der Waals surface area contributed by atoms with Gasteiger partial charge in [-0.05, 0) is 29.8 Å². The topological polar surface area (TPSA) is 30.9 Å². The summed E-state index contributed by atoms with van der Waals surface area (Å²) in [5.74, 6) is 0. The molecule has 0 radical (unpaired) electrons. The number of hydrogen-bond donors (Lipinski definition) is 1. The van der Waals surface area contributed by atoms with Crippen LogP contribution in [0.25, 0.3) is 10.9 Å². The second-order valence-electron chi connectivity index (χ2n) is 2.96. The third kappa shape index (κ3) is 1.43. The van der Waals surface area contributed by atoms with Gasteiger partial charge < -0.3 is 10.3 Å². The fourth-order valence-corrected chi connectivity index (χ4v) is 1.47. The van der Waals surface area contributed by atoms with Crippen LogP contribution in [-0.4, -0.2) is 4.57 Å². The van der Waals surface area contributed by atoms with Gasteiger partial charge in [-0.2, -0.15) is 0 Å². The number of aromatic nitrogens is 1. The van der Waals surface area contributed by atoms with Gasteiger partial charge in [0.25, 0.3) is 0 Å². The maximum absolute atomic E-state index is 5.30. The highest BCUT2D eigenvalue weighted by molar-refractivity contribution is 5.79. The maximum atomic E-state index is 5.30. The van der Waals surface area contributed by atoms with Gasteiger partial charge in [-0.1, -0.05) is 18.2 Å². The second-order valence-corrected chi connectivity index (χ2v) is 2.96. The molecule has 0 aliphatic heterocycles. The summed E-state index contributed by atoms with van der Waals surface area (Å²) in [6.45, 7) is 0.837. The Morgan fingerprint density at radius 2 is 2.08 bits per heavy atom. The predicted octanol–water partition coefficient (Wildman–Crippen LogP) is 2.11. The molecule has 1 aromatic heterocycles. The van der Waals surface area contributed by atoms with Crippen molar-refractivity contribution in [2.45, 2.75) is 6.54 Å². The minimum absolute atomic E-state index is 0.837. The van der Waals surface area contributed by atoms with Gasteiger partial charge in [-0.15, -0.1) is 0 Å². The molecular weight excluding hydrogens is 160 g/mol. The van der Waals surface area contributed by atoms with Gasteiger partial charge in [0.1, 0.15) is 0 Å². The molecule has 66 valence electrons. The molecule has 2 nitrogen and oxygen atoms in total. The Morgan fingerprint density at radius 1 is 1.23 bits per heavy atom. The van der Waals surface area contributed by atoms with Gasteiger partial charge in [0, 0.05) is 18.3 Å². The number of benzene rings is 1. The number of rotatable bonds is 2. The van der Waals surface area contributed by atoms with Crippen LogP contribution < -0.4 is 5.73 Å². The molecule has 13 heavy (non-hydrogen) atoms. The standard InChI is InChI=1S/C11H12N2/c12-7-3-8-13-9-6-10-4-1-2-5-11(10)13/h1-7,9H,8,12H2. The summed E-state index contributed by atoms with van der Waals surface area (Å²) < 4.78 is 2.17. The van der Waals surface area contributed by atoms with Crippen LogP contribution in [0.2, 0.25) is 0 Å². The van der Waals surface area contributed by atoms with Crippen molar-refractivity contribution in [3.05, 3.63) is 48.8 Å². The lowest BCUT2D eigenvalue weighted by Crippen LogP contribution is -1.92. The molecular formula is C11H12N2. The molecule has 0 aliphatic rings. The normalized spacial score (nSPS) is 11.4. The summed E-state index contributed by atoms with van der Waals surface area (Å²) in [6.07, 6.45) is 5.59. The van der Waals surface area contributed by atoms with Crippen LogP contribution >= 0.6 is 0 Å². The molecule has 2 N–H and O–H groups in total. The van der Waals surface area contributed by atoms with E-state index in [1.54, 1.807) is 6.20 Å². The fraction of sp³-hybridized carbons (Fsp3) is 0.0909. The Hall–Kier alpha value is -1.70. The Morgan fingerprint density at radius 3 is 2.92 bits per heavy atom. The highest BCUT2D eigenvalue weighted by Gasteiger charge is 1.96. The maximum Gasteiger partial charge on any atom is 0.0483 e. The highest BCUT2D eigenvalue weighted by atomic mass is 14.9. The van der Waals surface area contributed by atoms with Crippen molar-refractivity contribution in [2.75, 3.05) is 0 Å². The summed E-state index contributed by atoms with van der Waals surface area (Å²) >= 11 is 0. The summed E-state index contributed by atoms with van der Waals surface area (Å²) in [5.41, 5.74) is 6.55. The largest absolute Gasteiger partial charge is 0.405 e. The lowest BCUT2D eigenvalue weighted by Gasteiger charge is -1.99. The lowest BCUT2D eigenvalue weighted by molar-refractivity contribution is 0.862. The molecule has 2 aromatic rings. The molecule has 0 fully saturated rings. The lowest BCUT2D eigenvalue weighted by atomic mass is 10.2. The van der Waals surface area contributed by atoms with Crippen molar-refractivity contribution >= 4 is 10.9 Å². The van der Waals surface area contributed by atoms with E-state index in [4.69, 9.17) is 5.73 Å². The van der Waals surface area contributed by atoms with Crippen LogP contribution in [-0.2, 0) is 6.54 Å². The average Bonchev–Trinajstić information content (AvgIpc) is 2.58. The number of nitrogens with two attached hydrogens (primary N) is 1. The molecule has 2 rings (SSSR count). The highest BCUT2D eigenvalue weighted by Crippen LogP contribution is 2.14. The Kier molecular flexibility index (Phi) is 2.04. The minimum Gasteiger partial charge on any atom is -0.405 e. The van der Waals surface area contributed by atoms with E-state index in [9.17, 15) is 0 Å². The molecule has 0 bridgehead atoms. The Labute approximate surface area is 77.3 Å². The van der Waals surface area contributed by atoms with Crippen LogP contribution in [0.4, 0.5) is 0 Å². The fourth-order valence-electron chi connectivity index (χ4n) is 1.47. The first kappa shape index (κ1) is 7.92. The van der Waals surface area contributed by atoms with E-state index in [0.29, 0.717) is 0 Å². The van der Waals surface area contributed by atoms with Crippen molar-refractivity contribution in [1.29, 1.82) is 0 Å². The third-order valence-corrected chi connectivity index (χ3v) is 2.12. The summed E-state index contributed by atoms with van der Waals surface area (Å²) in [4.78, 5) is 0. The molecule has 0 saturated heterocycles. The molecule has 0 aliphatic carbocycles. The average molecular weight is 172 g/mol. The summed E-state index contributed by atoms with van der Waals surface area (Å²) in [5, 5.41) is 1.27. The van der Waals surface area contributed by atoms with Gasteiger partial charge in [0.05, 0.1) is 0 Å². The molecule has 0 amide bonds. The molecule has 0 saturated carbocycles. The van der Waals surface area contributed by atoms with Gasteiger partial charge >= 0.3 is 0 Å². The number of hydrogen-bond acceptors (Lipinski definition) is 1. The molecule has 2 heteroatoms. The Balaban J connectivity index is 2.45. The zero-order valence-corrected chi connectivity index (χ0v) is 7.35. The van der Waals surface area contributed by atoms with Crippen LogP contribution in [0, 0.1) is 0 Å². The van der Waals surface area contributed by atoms with Gasteiger partial charge in [0.15, 0.2) is 0 Å². The number of nitrogens with zero attached hydrogens (tertiary/aromatic N) is 1. The van der Waals surface area contributed by atoms with E-state index in [2.05, 4.69) is 29.0 Å². The molecule has 1 aromatic carbocycles. The van der Waals surface area contributed by atoms with Gasteiger partial charge in [-0.3, -0.25) is 0 Å². The third-order valence-electron chi connectivity index (χ3n) is 2.12. The minimum atomic E-state index is 0.837. The number of para-hydroxylation sites is 1. The number of allylic oxidation sites excluding steroid dienone is 1. The van der Waals surface area contributed by atoms with E-state index in [0.717, 1.165) is 6.54 Å². The van der Waals surface area contributed by atoms with E-state index < -0.39 is 0 Å². The molecule has 0 atom stereocenters. The monoisotopic (exact) mass is 172 g/mol. The van der Waals surface area contributed by atoms with E-state index in [1.807, 2.05) is 18.2 Å². The quantitative estimate of drug-likeness (QED) is 0.739. The Bertz CT molecular complexity index is 426. The van der Waals surface area contributed by atoms with Gasteiger partial charge in [-0.25, -0.2) is 0 Å². The van der Waals surface area contributed by atoms with Crippen molar-refractivity contribution < 1.29 is 0 Å². The van der Waals surface area contributed by atoms with Crippen molar-refractivity contribution in [3.8, 4) is 0 Å². The van der Waals surface area contributed by atoms with E-state index in [1.165, 1.54) is 10.9 Å². The predicted molar refractivity (Wildman–Crippen MR) is 55.3 cm³/mol. The molecule has 0 unspecified atom stereocenters. The first-order valence-corrected chi connectivity index (χ1v) is 4.32. The molecule has 0 spiro atoms. The zero-order chi connectivity index (χ0) is 9.10. The summed E-state index contributed by atoms with van der Waals surface area (Å²) in [6, 6.07) is 10.4. The first-order valence-electron chi connectivity index (χ1n) is 4.32. The number of fused-ring (bicyclic) bond motifs is 1. The van der Waals surface area contributed by atoms with Crippen LogP contribution in [0.1, 0.15) is 0 Å². The second kappa shape index (κ2) is 3.35. The molecule has 1 heterocycles. The van der Waals surface area contributed by atoms with Crippen LogP contribution in [0.5, 0.6) is 0 Å². The zero-order valence-electron chi connectivity index (χ0n) is 7.35. The van der Waals surface area contributed by atoms with E-state index in [-0.39, 0.29) is 0 Å². The van der Waals surface area contributed by atoms with Crippen molar-refractivity contribution in [2.24, 2.45) is 5.73 Å².